The van der Waals surface area contributed by atoms with Gasteiger partial charge in [-0.1, -0.05) is 12.1 Å². The Morgan fingerprint density at radius 3 is 3.05 bits per heavy atom. The molecule has 2 heterocycles. The first kappa shape index (κ1) is 12.3. The Bertz CT molecular complexity index is 566. The summed E-state index contributed by atoms with van der Waals surface area (Å²) in [5.74, 6) is 1.71. The third-order valence-electron chi connectivity index (χ3n) is 3.79. The number of aromatic nitrogens is 3. The van der Waals surface area contributed by atoms with Gasteiger partial charge in [-0.2, -0.15) is 4.98 Å². The van der Waals surface area contributed by atoms with Crippen LogP contribution < -0.4 is 5.73 Å². The van der Waals surface area contributed by atoms with Gasteiger partial charge >= 0.3 is 0 Å². The largest absolute Gasteiger partial charge is 0.339 e. The molecule has 0 unspecified atom stereocenters. The molecule has 2 N–H and O–H groups in total. The summed E-state index contributed by atoms with van der Waals surface area (Å²) in [4.78, 5) is 8.68. The molecule has 0 aliphatic heterocycles. The van der Waals surface area contributed by atoms with Crippen molar-refractivity contribution in [3.8, 4) is 11.4 Å². The summed E-state index contributed by atoms with van der Waals surface area (Å²) < 4.78 is 5.41. The molecule has 0 aromatic carbocycles. The zero-order valence-electron chi connectivity index (χ0n) is 11.0. The number of hydrogen-bond acceptors (Lipinski definition) is 5. The van der Waals surface area contributed by atoms with Crippen molar-refractivity contribution in [2.24, 2.45) is 5.73 Å². The average molecular weight is 258 g/mol. The third-order valence-corrected chi connectivity index (χ3v) is 3.79. The van der Waals surface area contributed by atoms with Gasteiger partial charge in [-0.05, 0) is 37.3 Å². The molecular weight excluding hydrogens is 240 g/mol. The summed E-state index contributed by atoms with van der Waals surface area (Å²) in [5.41, 5.74) is 8.07. The molecule has 2 aromatic rings. The lowest BCUT2D eigenvalue weighted by molar-refractivity contribution is 0.353. The normalized spacial score (nSPS) is 22.8. The summed E-state index contributed by atoms with van der Waals surface area (Å²) in [7, 11) is 0. The highest BCUT2D eigenvalue weighted by molar-refractivity contribution is 5.58. The van der Waals surface area contributed by atoms with Crippen molar-refractivity contribution in [1.82, 2.24) is 15.1 Å². The summed E-state index contributed by atoms with van der Waals surface area (Å²) in [6.45, 7) is 2.09. The Morgan fingerprint density at radius 1 is 1.42 bits per heavy atom. The van der Waals surface area contributed by atoms with Crippen molar-refractivity contribution in [2.45, 2.75) is 44.6 Å². The predicted molar refractivity (Wildman–Crippen MR) is 71.5 cm³/mol. The van der Waals surface area contributed by atoms with Crippen LogP contribution >= 0.6 is 0 Å². The molecule has 1 aliphatic carbocycles. The lowest BCUT2D eigenvalue weighted by atomic mass is 10.1. The smallest absolute Gasteiger partial charge is 0.230 e. The fourth-order valence-corrected chi connectivity index (χ4v) is 2.68. The highest BCUT2D eigenvalue weighted by atomic mass is 16.5. The van der Waals surface area contributed by atoms with Crippen LogP contribution in [0, 0.1) is 0 Å². The van der Waals surface area contributed by atoms with Crippen molar-refractivity contribution in [3.05, 3.63) is 29.9 Å². The molecule has 5 heteroatoms. The Kier molecular flexibility index (Phi) is 3.29. The zero-order valence-corrected chi connectivity index (χ0v) is 11.0. The molecule has 2 aromatic heterocycles. The van der Waals surface area contributed by atoms with Gasteiger partial charge in [-0.15, -0.1) is 0 Å². The molecule has 1 saturated carbocycles. The molecule has 0 radical (unpaired) electrons. The number of hydrogen-bond donors (Lipinski definition) is 1. The van der Waals surface area contributed by atoms with E-state index >= 15 is 0 Å². The van der Waals surface area contributed by atoms with Crippen LogP contribution in [0.25, 0.3) is 11.4 Å². The van der Waals surface area contributed by atoms with Gasteiger partial charge in [-0.3, -0.25) is 4.98 Å². The van der Waals surface area contributed by atoms with Crippen LogP contribution in [0.1, 0.15) is 43.6 Å². The van der Waals surface area contributed by atoms with Crippen molar-refractivity contribution in [1.29, 1.82) is 0 Å². The van der Waals surface area contributed by atoms with Crippen LogP contribution in [0.15, 0.2) is 23.0 Å². The van der Waals surface area contributed by atoms with Crippen LogP contribution in [0.2, 0.25) is 0 Å². The maximum Gasteiger partial charge on any atom is 0.230 e. The molecule has 5 nitrogen and oxygen atoms in total. The number of nitrogens with zero attached hydrogens (tertiary/aromatic N) is 3. The Hall–Kier alpha value is -1.75. The molecule has 0 saturated heterocycles. The van der Waals surface area contributed by atoms with E-state index in [1.165, 1.54) is 0 Å². The molecule has 3 rings (SSSR count). The van der Waals surface area contributed by atoms with E-state index in [0.29, 0.717) is 11.7 Å². The van der Waals surface area contributed by atoms with E-state index in [9.17, 15) is 0 Å². The Morgan fingerprint density at radius 2 is 2.32 bits per heavy atom. The van der Waals surface area contributed by atoms with Gasteiger partial charge in [0.1, 0.15) is 0 Å². The van der Waals surface area contributed by atoms with E-state index in [2.05, 4.69) is 22.0 Å². The minimum atomic E-state index is 0.271. The first-order valence-corrected chi connectivity index (χ1v) is 6.80. The standard InChI is InChI=1S/C14H18N4O/c1-2-9-8-16-6-5-12(9)13-17-14(19-18-13)10-3-4-11(15)7-10/h5-6,8,10-11H,2-4,7,15H2,1H3/t10-,11+/m1/s1. The van der Waals surface area contributed by atoms with Crippen molar-refractivity contribution < 1.29 is 4.52 Å². The van der Waals surface area contributed by atoms with Crippen molar-refractivity contribution >= 4 is 0 Å². The second-order valence-corrected chi connectivity index (χ2v) is 5.11. The first-order valence-electron chi connectivity index (χ1n) is 6.80. The third kappa shape index (κ3) is 2.38. The maximum atomic E-state index is 5.93. The Balaban J connectivity index is 1.88. The van der Waals surface area contributed by atoms with E-state index < -0.39 is 0 Å². The van der Waals surface area contributed by atoms with Gasteiger partial charge in [0.25, 0.3) is 0 Å². The summed E-state index contributed by atoms with van der Waals surface area (Å²) in [6.07, 6.45) is 7.55. The van der Waals surface area contributed by atoms with Crippen LogP contribution in [0.5, 0.6) is 0 Å². The van der Waals surface area contributed by atoms with E-state index in [1.807, 2.05) is 12.3 Å². The van der Waals surface area contributed by atoms with Gasteiger partial charge in [0.05, 0.1) is 0 Å². The minimum absolute atomic E-state index is 0.271. The predicted octanol–water partition coefficient (Wildman–Crippen LogP) is 2.29. The molecule has 1 aliphatic rings. The lowest BCUT2D eigenvalue weighted by Gasteiger charge is -2.02. The van der Waals surface area contributed by atoms with E-state index in [4.69, 9.17) is 10.3 Å². The number of rotatable bonds is 3. The molecule has 0 spiro atoms. The van der Waals surface area contributed by atoms with Crippen LogP contribution in [0.4, 0.5) is 0 Å². The van der Waals surface area contributed by atoms with Crippen LogP contribution in [-0.4, -0.2) is 21.2 Å². The number of nitrogens with two attached hydrogens (primary N) is 1. The van der Waals surface area contributed by atoms with Gasteiger partial charge in [0.15, 0.2) is 0 Å². The van der Waals surface area contributed by atoms with E-state index in [1.54, 1.807) is 6.20 Å². The fourth-order valence-electron chi connectivity index (χ4n) is 2.68. The quantitative estimate of drug-likeness (QED) is 0.913. The topological polar surface area (TPSA) is 77.8 Å². The van der Waals surface area contributed by atoms with Gasteiger partial charge in [0, 0.05) is 29.9 Å². The van der Waals surface area contributed by atoms with Crippen LogP contribution in [0.3, 0.4) is 0 Å². The molecule has 2 atom stereocenters. The number of pyridine rings is 1. The lowest BCUT2D eigenvalue weighted by Crippen LogP contribution is -2.14. The SMILES string of the molecule is CCc1cnccc1-c1noc([C@@H]2CC[C@H](N)C2)n1. The van der Waals surface area contributed by atoms with E-state index in [-0.39, 0.29) is 6.04 Å². The molecular formula is C14H18N4O. The van der Waals surface area contributed by atoms with Crippen molar-refractivity contribution in [3.63, 3.8) is 0 Å². The zero-order chi connectivity index (χ0) is 13.2. The highest BCUT2D eigenvalue weighted by Crippen LogP contribution is 2.33. The van der Waals surface area contributed by atoms with Gasteiger partial charge < -0.3 is 10.3 Å². The molecule has 0 bridgehead atoms. The summed E-state index contributed by atoms with van der Waals surface area (Å²) in [5, 5.41) is 4.11. The molecule has 1 fully saturated rings. The van der Waals surface area contributed by atoms with E-state index in [0.717, 1.165) is 42.7 Å². The summed E-state index contributed by atoms with van der Waals surface area (Å²) >= 11 is 0. The first-order chi connectivity index (χ1) is 9.28. The fraction of sp³-hybridized carbons (Fsp3) is 0.500. The Labute approximate surface area is 112 Å². The average Bonchev–Trinajstić information content (AvgIpc) is 3.07. The number of aryl methyl sites for hydroxylation is 1. The molecule has 19 heavy (non-hydrogen) atoms. The molecule has 0 amide bonds. The van der Waals surface area contributed by atoms with Crippen LogP contribution in [-0.2, 0) is 6.42 Å². The van der Waals surface area contributed by atoms with Crippen molar-refractivity contribution in [2.75, 3.05) is 0 Å². The minimum Gasteiger partial charge on any atom is -0.339 e. The van der Waals surface area contributed by atoms with Gasteiger partial charge in [-0.25, -0.2) is 0 Å². The second-order valence-electron chi connectivity index (χ2n) is 5.11. The second kappa shape index (κ2) is 5.09. The highest BCUT2D eigenvalue weighted by Gasteiger charge is 2.28. The molecule has 100 valence electrons. The van der Waals surface area contributed by atoms with Gasteiger partial charge in [0.2, 0.25) is 11.7 Å². The monoisotopic (exact) mass is 258 g/mol. The summed E-state index contributed by atoms with van der Waals surface area (Å²) in [6, 6.07) is 2.21. The maximum absolute atomic E-state index is 5.93.